The van der Waals surface area contributed by atoms with Crippen LogP contribution in [0.15, 0.2) is 12.1 Å². The Morgan fingerprint density at radius 2 is 1.78 bits per heavy atom. The van der Waals surface area contributed by atoms with Crippen molar-refractivity contribution in [1.29, 1.82) is 0 Å². The number of fused-ring (bicyclic) bond motifs is 1. The molecule has 0 unspecified atom stereocenters. The lowest BCUT2D eigenvalue weighted by Gasteiger charge is -2.16. The van der Waals surface area contributed by atoms with E-state index in [0.717, 1.165) is 23.9 Å². The fourth-order valence-electron chi connectivity index (χ4n) is 1.88. The summed E-state index contributed by atoms with van der Waals surface area (Å²) in [6.07, 6.45) is 1.51. The number of hydrogen-bond donors (Lipinski definition) is 0. The molecule has 0 aromatic heterocycles. The predicted molar refractivity (Wildman–Crippen MR) is 66.1 cm³/mol. The van der Waals surface area contributed by atoms with Gasteiger partial charge in [-0.25, -0.2) is 8.78 Å². The Labute approximate surface area is 111 Å². The highest BCUT2D eigenvalue weighted by Crippen LogP contribution is 2.31. The smallest absolute Gasteiger partial charge is 0.299 e. The Kier molecular flexibility index (Phi) is 3.75. The third-order valence-corrected chi connectivity index (χ3v) is 3.34. The molecule has 0 radical (unpaired) electrons. The summed E-state index contributed by atoms with van der Waals surface area (Å²) >= 11 is 3.26. The van der Waals surface area contributed by atoms with Crippen molar-refractivity contribution >= 4 is 33.3 Å². The third kappa shape index (κ3) is 2.16. The second-order valence-electron chi connectivity index (χ2n) is 3.97. The maximum absolute atomic E-state index is 13.2. The van der Waals surface area contributed by atoms with Gasteiger partial charge in [0.25, 0.3) is 11.7 Å². The molecular weight excluding hydrogens is 308 g/mol. The van der Waals surface area contributed by atoms with Gasteiger partial charge in [0.05, 0.1) is 11.3 Å². The first kappa shape index (κ1) is 13.1. The average Bonchev–Trinajstić information content (AvgIpc) is 2.56. The van der Waals surface area contributed by atoms with Crippen molar-refractivity contribution in [3.8, 4) is 0 Å². The number of rotatable bonds is 4. The molecule has 18 heavy (non-hydrogen) atoms. The Balaban J connectivity index is 2.33. The fourth-order valence-corrected chi connectivity index (χ4v) is 2.27. The number of carbonyl (C=O) groups excluding carboxylic acids is 2. The summed E-state index contributed by atoms with van der Waals surface area (Å²) in [5, 5.41) is 0.785. The summed E-state index contributed by atoms with van der Waals surface area (Å²) in [5.74, 6) is -3.66. The van der Waals surface area contributed by atoms with Crippen LogP contribution in [0.4, 0.5) is 14.5 Å². The molecule has 2 rings (SSSR count). The number of unbranched alkanes of at least 4 members (excludes halogenated alkanes) is 1. The Hall–Kier alpha value is -1.30. The van der Waals surface area contributed by atoms with Crippen LogP contribution in [0.3, 0.4) is 0 Å². The van der Waals surface area contributed by atoms with Crippen molar-refractivity contribution in [1.82, 2.24) is 0 Å². The van der Waals surface area contributed by atoms with E-state index in [2.05, 4.69) is 15.9 Å². The molecule has 0 fully saturated rings. The van der Waals surface area contributed by atoms with Crippen LogP contribution in [-0.2, 0) is 4.79 Å². The molecule has 1 aliphatic rings. The van der Waals surface area contributed by atoms with E-state index in [1.54, 1.807) is 0 Å². The van der Waals surface area contributed by atoms with Crippen LogP contribution in [0, 0.1) is 11.6 Å². The number of anilines is 1. The number of carbonyl (C=O) groups is 2. The summed E-state index contributed by atoms with van der Waals surface area (Å²) in [6, 6.07) is 1.69. The van der Waals surface area contributed by atoms with Crippen LogP contribution >= 0.6 is 15.9 Å². The molecule has 0 atom stereocenters. The summed E-state index contributed by atoms with van der Waals surface area (Å²) < 4.78 is 26.2. The molecule has 0 spiro atoms. The highest BCUT2D eigenvalue weighted by molar-refractivity contribution is 9.09. The quantitative estimate of drug-likeness (QED) is 0.486. The Bertz CT molecular complexity index is 519. The summed E-state index contributed by atoms with van der Waals surface area (Å²) in [4.78, 5) is 24.5. The summed E-state index contributed by atoms with van der Waals surface area (Å²) in [6.45, 7) is 0.328. The van der Waals surface area contributed by atoms with Gasteiger partial charge in [0.2, 0.25) is 0 Å². The normalized spacial score (nSPS) is 14.3. The van der Waals surface area contributed by atoms with Gasteiger partial charge in [0, 0.05) is 17.9 Å². The Morgan fingerprint density at radius 1 is 1.11 bits per heavy atom. The number of amides is 1. The lowest BCUT2D eigenvalue weighted by Crippen LogP contribution is -2.30. The first-order valence-corrected chi connectivity index (χ1v) is 6.59. The van der Waals surface area contributed by atoms with Gasteiger partial charge in [-0.1, -0.05) is 15.9 Å². The largest absolute Gasteiger partial charge is 0.305 e. The molecule has 0 saturated heterocycles. The molecule has 6 heteroatoms. The molecule has 0 aliphatic carbocycles. The van der Waals surface area contributed by atoms with E-state index in [0.29, 0.717) is 13.0 Å². The van der Waals surface area contributed by atoms with Crippen LogP contribution in [0.5, 0.6) is 0 Å². The molecule has 0 saturated carbocycles. The second-order valence-corrected chi connectivity index (χ2v) is 4.76. The first-order valence-electron chi connectivity index (χ1n) is 5.47. The molecule has 1 aliphatic heterocycles. The molecular formula is C12H10BrF2NO2. The van der Waals surface area contributed by atoms with Crippen LogP contribution in [0.2, 0.25) is 0 Å². The minimum absolute atomic E-state index is 0.0576. The first-order chi connectivity index (χ1) is 8.56. The highest BCUT2D eigenvalue weighted by atomic mass is 79.9. The zero-order valence-electron chi connectivity index (χ0n) is 9.38. The van der Waals surface area contributed by atoms with Gasteiger partial charge in [0.15, 0.2) is 11.6 Å². The van der Waals surface area contributed by atoms with Crippen molar-refractivity contribution in [2.24, 2.45) is 0 Å². The molecule has 1 aromatic carbocycles. The standard InChI is InChI=1S/C12H10BrF2NO2/c13-3-1-2-4-16-10-6-9(15)8(14)5-7(10)11(17)12(16)18/h5-6H,1-4H2. The van der Waals surface area contributed by atoms with E-state index < -0.39 is 23.3 Å². The third-order valence-electron chi connectivity index (χ3n) is 2.78. The zero-order valence-corrected chi connectivity index (χ0v) is 11.0. The van der Waals surface area contributed by atoms with Crippen molar-refractivity contribution in [3.05, 3.63) is 29.3 Å². The highest BCUT2D eigenvalue weighted by Gasteiger charge is 2.36. The van der Waals surface area contributed by atoms with E-state index >= 15 is 0 Å². The molecule has 1 heterocycles. The van der Waals surface area contributed by atoms with Gasteiger partial charge < -0.3 is 4.90 Å². The molecule has 3 nitrogen and oxygen atoms in total. The number of alkyl halides is 1. The summed E-state index contributed by atoms with van der Waals surface area (Å²) in [7, 11) is 0. The minimum Gasteiger partial charge on any atom is -0.305 e. The molecule has 0 bridgehead atoms. The second kappa shape index (κ2) is 5.14. The number of halogens is 3. The molecule has 1 aromatic rings. The van der Waals surface area contributed by atoms with Crippen LogP contribution in [0.1, 0.15) is 23.2 Å². The lowest BCUT2D eigenvalue weighted by atomic mass is 10.1. The van der Waals surface area contributed by atoms with Crippen molar-refractivity contribution in [2.45, 2.75) is 12.8 Å². The van der Waals surface area contributed by atoms with Gasteiger partial charge in [-0.2, -0.15) is 0 Å². The topological polar surface area (TPSA) is 37.4 Å². The number of nitrogens with zero attached hydrogens (tertiary/aromatic N) is 1. The van der Waals surface area contributed by atoms with Gasteiger partial charge in [0.1, 0.15) is 0 Å². The van der Waals surface area contributed by atoms with Crippen LogP contribution in [0.25, 0.3) is 0 Å². The number of ketones is 1. The van der Waals surface area contributed by atoms with Gasteiger partial charge >= 0.3 is 0 Å². The van der Waals surface area contributed by atoms with E-state index in [1.807, 2.05) is 0 Å². The molecule has 96 valence electrons. The number of benzene rings is 1. The minimum atomic E-state index is -1.11. The fraction of sp³-hybridized carbons (Fsp3) is 0.333. The number of hydrogen-bond acceptors (Lipinski definition) is 2. The van der Waals surface area contributed by atoms with E-state index in [4.69, 9.17) is 0 Å². The van der Waals surface area contributed by atoms with E-state index in [1.165, 1.54) is 4.90 Å². The number of Topliss-reactive ketones (excluding diaryl/α,β-unsaturated/α-hetero) is 1. The SMILES string of the molecule is O=C1C(=O)N(CCCCBr)c2cc(F)c(F)cc21. The summed E-state index contributed by atoms with van der Waals surface area (Å²) in [5.41, 5.74) is 0.108. The average molecular weight is 318 g/mol. The predicted octanol–water partition coefficient (Wildman–Crippen LogP) is 2.67. The Morgan fingerprint density at radius 3 is 2.44 bits per heavy atom. The van der Waals surface area contributed by atoms with Crippen molar-refractivity contribution in [2.75, 3.05) is 16.8 Å². The maximum atomic E-state index is 13.2. The van der Waals surface area contributed by atoms with Gasteiger partial charge in [-0.15, -0.1) is 0 Å². The van der Waals surface area contributed by atoms with Gasteiger partial charge in [-0.3, -0.25) is 9.59 Å². The van der Waals surface area contributed by atoms with Crippen LogP contribution in [-0.4, -0.2) is 23.6 Å². The maximum Gasteiger partial charge on any atom is 0.299 e. The van der Waals surface area contributed by atoms with Crippen molar-refractivity contribution in [3.63, 3.8) is 0 Å². The van der Waals surface area contributed by atoms with Crippen molar-refractivity contribution < 1.29 is 18.4 Å². The zero-order chi connectivity index (χ0) is 13.3. The lowest BCUT2D eigenvalue weighted by molar-refractivity contribution is -0.114. The molecule has 0 N–H and O–H groups in total. The van der Waals surface area contributed by atoms with Gasteiger partial charge in [-0.05, 0) is 18.9 Å². The molecule has 1 amide bonds. The van der Waals surface area contributed by atoms with E-state index in [9.17, 15) is 18.4 Å². The monoisotopic (exact) mass is 317 g/mol. The van der Waals surface area contributed by atoms with Crippen LogP contribution < -0.4 is 4.90 Å². The van der Waals surface area contributed by atoms with E-state index in [-0.39, 0.29) is 11.3 Å².